The highest BCUT2D eigenvalue weighted by Gasteiger charge is 2.10. The Balaban J connectivity index is 3.50. The summed E-state index contributed by atoms with van der Waals surface area (Å²) in [6.07, 6.45) is 0.840. The van der Waals surface area contributed by atoms with Crippen LogP contribution < -0.4 is 5.73 Å². The van der Waals surface area contributed by atoms with Crippen molar-refractivity contribution in [1.29, 1.82) is 0 Å². The molecule has 0 saturated carbocycles. The van der Waals surface area contributed by atoms with Gasteiger partial charge in [0.2, 0.25) is 0 Å². The van der Waals surface area contributed by atoms with Crippen LogP contribution in [0.1, 0.15) is 27.2 Å². The molecular weight excluding hydrogens is 182 g/mol. The first-order chi connectivity index (χ1) is 6.56. The van der Waals surface area contributed by atoms with Gasteiger partial charge in [0.15, 0.2) is 0 Å². The molecule has 4 heteroatoms. The second-order valence-electron chi connectivity index (χ2n) is 3.77. The molecule has 0 bridgehead atoms. The molecule has 0 spiro atoms. The highest BCUT2D eigenvalue weighted by molar-refractivity contribution is 5.70. The second-order valence-corrected chi connectivity index (χ2v) is 3.77. The average Bonchev–Trinajstić information content (AvgIpc) is 2.02. The van der Waals surface area contributed by atoms with Crippen LogP contribution in [0.15, 0.2) is 0 Å². The van der Waals surface area contributed by atoms with Crippen molar-refractivity contribution < 1.29 is 14.3 Å². The fraction of sp³-hybridized carbons (Fsp3) is 0.900. The van der Waals surface area contributed by atoms with E-state index in [0.717, 1.165) is 6.42 Å². The molecule has 0 aliphatic heterocycles. The van der Waals surface area contributed by atoms with Crippen LogP contribution in [0.4, 0.5) is 0 Å². The molecule has 4 nitrogen and oxygen atoms in total. The lowest BCUT2D eigenvalue weighted by molar-refractivity contribution is -0.154. The predicted molar refractivity (Wildman–Crippen MR) is 54.9 cm³/mol. The Morgan fingerprint density at radius 1 is 1.36 bits per heavy atom. The minimum Gasteiger partial charge on any atom is -0.461 e. The van der Waals surface area contributed by atoms with Gasteiger partial charge in [-0.05, 0) is 19.3 Å². The molecule has 84 valence electrons. The van der Waals surface area contributed by atoms with Crippen molar-refractivity contribution >= 4 is 5.97 Å². The predicted octanol–water partition coefficient (Wildman–Crippen LogP) is 0.940. The summed E-state index contributed by atoms with van der Waals surface area (Å²) in [5, 5.41) is 0. The average molecular weight is 203 g/mol. The van der Waals surface area contributed by atoms with Crippen molar-refractivity contribution in [2.24, 2.45) is 11.7 Å². The van der Waals surface area contributed by atoms with Crippen molar-refractivity contribution in [3.8, 4) is 0 Å². The third-order valence-electron chi connectivity index (χ3n) is 1.62. The number of ether oxygens (including phenoxy) is 2. The Labute approximate surface area is 85.8 Å². The first kappa shape index (κ1) is 13.4. The lowest BCUT2D eigenvalue weighted by Gasteiger charge is -2.14. The molecule has 14 heavy (non-hydrogen) atoms. The van der Waals surface area contributed by atoms with Gasteiger partial charge >= 0.3 is 5.97 Å². The van der Waals surface area contributed by atoms with Crippen LogP contribution in [0.5, 0.6) is 0 Å². The minimum absolute atomic E-state index is 0.000362. The van der Waals surface area contributed by atoms with Crippen LogP contribution in [0.25, 0.3) is 0 Å². The van der Waals surface area contributed by atoms with Crippen LogP contribution in [0.2, 0.25) is 0 Å². The van der Waals surface area contributed by atoms with Crippen LogP contribution >= 0.6 is 0 Å². The van der Waals surface area contributed by atoms with E-state index in [1.807, 2.05) is 6.92 Å². The van der Waals surface area contributed by atoms with Gasteiger partial charge in [-0.2, -0.15) is 0 Å². The zero-order chi connectivity index (χ0) is 11.0. The summed E-state index contributed by atoms with van der Waals surface area (Å²) in [4.78, 5) is 11.1. The molecule has 0 rings (SSSR count). The Hall–Kier alpha value is -0.610. The minimum atomic E-state index is -0.313. The van der Waals surface area contributed by atoms with Gasteiger partial charge in [0.25, 0.3) is 0 Å². The van der Waals surface area contributed by atoms with Gasteiger partial charge in [0.05, 0.1) is 12.7 Å². The lowest BCUT2D eigenvalue weighted by atomic mass is 10.1. The smallest absolute Gasteiger partial charge is 0.332 e. The number of carbonyl (C=O) groups excluding carboxylic acids is 1. The molecule has 0 fully saturated rings. The fourth-order valence-electron chi connectivity index (χ4n) is 1.21. The van der Waals surface area contributed by atoms with E-state index < -0.39 is 0 Å². The van der Waals surface area contributed by atoms with E-state index in [1.54, 1.807) is 0 Å². The van der Waals surface area contributed by atoms with Gasteiger partial charge in [-0.15, -0.1) is 0 Å². The van der Waals surface area contributed by atoms with Gasteiger partial charge in [-0.3, -0.25) is 0 Å². The summed E-state index contributed by atoms with van der Waals surface area (Å²) < 4.78 is 10.1. The number of esters is 1. The third kappa shape index (κ3) is 8.01. The molecule has 2 N–H and O–H groups in total. The maximum atomic E-state index is 11.1. The fourth-order valence-corrected chi connectivity index (χ4v) is 1.21. The number of nitrogens with two attached hydrogens (primary N) is 1. The van der Waals surface area contributed by atoms with Crippen molar-refractivity contribution in [3.05, 3.63) is 0 Å². The van der Waals surface area contributed by atoms with Gasteiger partial charge in [-0.1, -0.05) is 13.8 Å². The van der Waals surface area contributed by atoms with Crippen LogP contribution in [-0.4, -0.2) is 31.8 Å². The normalized spacial score (nSPS) is 12.9. The summed E-state index contributed by atoms with van der Waals surface area (Å²) >= 11 is 0. The van der Waals surface area contributed by atoms with Crippen molar-refractivity contribution in [1.82, 2.24) is 0 Å². The Bertz CT molecular complexity index is 159. The SMILES string of the molecule is CC(C)CC(C)OC(=O)COCCN. The number of hydrogen-bond acceptors (Lipinski definition) is 4. The molecule has 0 radical (unpaired) electrons. The molecule has 0 aromatic rings. The van der Waals surface area contributed by atoms with Crippen LogP contribution in [-0.2, 0) is 14.3 Å². The summed E-state index contributed by atoms with van der Waals surface area (Å²) in [6.45, 7) is 6.90. The highest BCUT2D eigenvalue weighted by Crippen LogP contribution is 2.07. The van der Waals surface area contributed by atoms with E-state index >= 15 is 0 Å². The maximum absolute atomic E-state index is 11.1. The quantitative estimate of drug-likeness (QED) is 0.494. The zero-order valence-electron chi connectivity index (χ0n) is 9.29. The van der Waals surface area contributed by atoms with E-state index in [1.165, 1.54) is 0 Å². The summed E-state index contributed by atoms with van der Waals surface area (Å²) in [5.74, 6) is 0.217. The van der Waals surface area contributed by atoms with Gasteiger partial charge in [0, 0.05) is 6.54 Å². The Kier molecular flexibility index (Phi) is 7.42. The molecule has 1 atom stereocenters. The van der Waals surface area contributed by atoms with Crippen LogP contribution in [0.3, 0.4) is 0 Å². The molecule has 0 amide bonds. The summed E-state index contributed by atoms with van der Waals surface area (Å²) in [6, 6.07) is 0. The second kappa shape index (κ2) is 7.76. The van der Waals surface area contributed by atoms with Crippen LogP contribution in [0, 0.1) is 5.92 Å². The van der Waals surface area contributed by atoms with E-state index in [-0.39, 0.29) is 18.7 Å². The van der Waals surface area contributed by atoms with Gasteiger partial charge in [-0.25, -0.2) is 4.79 Å². The van der Waals surface area contributed by atoms with Gasteiger partial charge in [0.1, 0.15) is 6.61 Å². The largest absolute Gasteiger partial charge is 0.461 e. The molecule has 0 aliphatic carbocycles. The van der Waals surface area contributed by atoms with Gasteiger partial charge < -0.3 is 15.2 Å². The highest BCUT2D eigenvalue weighted by atomic mass is 16.6. The van der Waals surface area contributed by atoms with E-state index in [9.17, 15) is 4.79 Å². The first-order valence-electron chi connectivity index (χ1n) is 5.03. The molecule has 0 aromatic carbocycles. The summed E-state index contributed by atoms with van der Waals surface area (Å²) in [7, 11) is 0. The van der Waals surface area contributed by atoms with Crippen molar-refractivity contribution in [2.45, 2.75) is 33.3 Å². The third-order valence-corrected chi connectivity index (χ3v) is 1.62. The molecule has 1 unspecified atom stereocenters. The molecular formula is C10H21NO3. The Morgan fingerprint density at radius 3 is 2.50 bits per heavy atom. The first-order valence-corrected chi connectivity index (χ1v) is 5.03. The number of hydrogen-bond donors (Lipinski definition) is 1. The molecule has 0 heterocycles. The number of carbonyl (C=O) groups is 1. The van der Waals surface area contributed by atoms with Crippen molar-refractivity contribution in [3.63, 3.8) is 0 Å². The molecule has 0 aromatic heterocycles. The monoisotopic (exact) mass is 203 g/mol. The number of rotatable bonds is 7. The topological polar surface area (TPSA) is 61.5 Å². The molecule has 0 saturated heterocycles. The van der Waals surface area contributed by atoms with E-state index in [4.69, 9.17) is 15.2 Å². The lowest BCUT2D eigenvalue weighted by Crippen LogP contribution is -2.22. The zero-order valence-corrected chi connectivity index (χ0v) is 9.29. The van der Waals surface area contributed by atoms with E-state index in [0.29, 0.717) is 19.1 Å². The summed E-state index contributed by atoms with van der Waals surface area (Å²) in [5.41, 5.74) is 5.20. The standard InChI is InChI=1S/C10H21NO3/c1-8(2)6-9(3)14-10(12)7-13-5-4-11/h8-9H,4-7,11H2,1-3H3. The maximum Gasteiger partial charge on any atom is 0.332 e. The Morgan fingerprint density at radius 2 is 2.00 bits per heavy atom. The van der Waals surface area contributed by atoms with E-state index in [2.05, 4.69) is 13.8 Å². The molecule has 0 aliphatic rings. The van der Waals surface area contributed by atoms with Crippen molar-refractivity contribution in [2.75, 3.05) is 19.8 Å².